The molecular weight excluding hydrogens is 256 g/mol. The second-order valence-electron chi connectivity index (χ2n) is 5.24. The van der Waals surface area contributed by atoms with Crippen LogP contribution in [-0.4, -0.2) is 28.1 Å². The number of nitrogens with one attached hydrogen (secondary N) is 1. The molecule has 0 spiro atoms. The average molecular weight is 272 g/mol. The van der Waals surface area contributed by atoms with E-state index in [2.05, 4.69) is 5.32 Å². The first-order chi connectivity index (χ1) is 9.65. The Hall–Kier alpha value is -2.30. The summed E-state index contributed by atoms with van der Waals surface area (Å²) in [6, 6.07) is 6.95. The third-order valence-electron chi connectivity index (χ3n) is 3.62. The highest BCUT2D eigenvalue weighted by Crippen LogP contribution is 2.27. The first-order valence-corrected chi connectivity index (χ1v) is 6.73. The molecule has 1 aromatic carbocycles. The minimum atomic E-state index is -0.978. The van der Waals surface area contributed by atoms with Gasteiger partial charge in [0.25, 0.3) is 0 Å². The van der Waals surface area contributed by atoms with Crippen molar-refractivity contribution in [1.29, 1.82) is 0 Å². The molecule has 2 N–H and O–H groups in total. The zero-order chi connectivity index (χ0) is 14.1. The number of para-hydroxylation sites is 1. The Morgan fingerprint density at radius 3 is 2.80 bits per heavy atom. The molecular formula is C15H16N2O3. The van der Waals surface area contributed by atoms with Crippen molar-refractivity contribution in [3.63, 3.8) is 0 Å². The van der Waals surface area contributed by atoms with E-state index in [1.165, 1.54) is 12.8 Å². The van der Waals surface area contributed by atoms with Crippen molar-refractivity contribution in [1.82, 2.24) is 9.88 Å². The lowest BCUT2D eigenvalue weighted by atomic mass is 10.1. The number of rotatable bonds is 5. The number of fused-ring (bicyclic) bond motifs is 1. The lowest BCUT2D eigenvalue weighted by Gasteiger charge is -2.08. The van der Waals surface area contributed by atoms with Crippen molar-refractivity contribution in [2.45, 2.75) is 19.4 Å². The van der Waals surface area contributed by atoms with E-state index >= 15 is 0 Å². The van der Waals surface area contributed by atoms with Crippen LogP contribution in [0.1, 0.15) is 23.2 Å². The summed E-state index contributed by atoms with van der Waals surface area (Å²) in [4.78, 5) is 23.1. The van der Waals surface area contributed by atoms with Gasteiger partial charge < -0.3 is 15.0 Å². The Labute approximate surface area is 116 Å². The van der Waals surface area contributed by atoms with Crippen molar-refractivity contribution < 1.29 is 14.7 Å². The number of carboxylic acids is 1. The monoisotopic (exact) mass is 272 g/mol. The van der Waals surface area contributed by atoms with Crippen molar-refractivity contribution in [3.05, 3.63) is 36.0 Å². The zero-order valence-electron chi connectivity index (χ0n) is 11.0. The summed E-state index contributed by atoms with van der Waals surface area (Å²) in [7, 11) is 0. The number of carbonyl (C=O) groups is 2. The zero-order valence-corrected chi connectivity index (χ0v) is 11.0. The van der Waals surface area contributed by atoms with Crippen LogP contribution in [0.25, 0.3) is 10.9 Å². The van der Waals surface area contributed by atoms with Gasteiger partial charge in [0.2, 0.25) is 5.91 Å². The van der Waals surface area contributed by atoms with Gasteiger partial charge >= 0.3 is 5.97 Å². The van der Waals surface area contributed by atoms with Crippen LogP contribution in [0.5, 0.6) is 0 Å². The molecule has 1 aliphatic carbocycles. The Balaban J connectivity index is 1.83. The minimum Gasteiger partial charge on any atom is -0.478 e. The molecule has 5 nitrogen and oxygen atoms in total. The molecule has 0 saturated heterocycles. The molecule has 1 heterocycles. The summed E-state index contributed by atoms with van der Waals surface area (Å²) in [5.41, 5.74) is 0.823. The largest absolute Gasteiger partial charge is 0.478 e. The fraction of sp³-hybridized carbons (Fsp3) is 0.333. The maximum atomic E-state index is 11.9. The van der Waals surface area contributed by atoms with E-state index in [1.54, 1.807) is 22.9 Å². The molecule has 20 heavy (non-hydrogen) atoms. The van der Waals surface area contributed by atoms with Crippen LogP contribution in [0.15, 0.2) is 30.5 Å². The highest BCUT2D eigenvalue weighted by Gasteiger charge is 2.21. The van der Waals surface area contributed by atoms with Crippen LogP contribution in [0.3, 0.4) is 0 Å². The second kappa shape index (κ2) is 5.00. The van der Waals surface area contributed by atoms with Crippen LogP contribution in [0.2, 0.25) is 0 Å². The van der Waals surface area contributed by atoms with Crippen LogP contribution >= 0.6 is 0 Å². The van der Waals surface area contributed by atoms with Crippen molar-refractivity contribution in [3.8, 4) is 0 Å². The maximum absolute atomic E-state index is 11.9. The molecule has 0 unspecified atom stereocenters. The number of carboxylic acid groups (broad SMARTS) is 1. The number of aromatic carboxylic acids is 1. The highest BCUT2D eigenvalue weighted by molar-refractivity contribution is 6.02. The van der Waals surface area contributed by atoms with Crippen molar-refractivity contribution in [2.24, 2.45) is 5.92 Å². The average Bonchev–Trinajstić information content (AvgIpc) is 3.18. The molecule has 104 valence electrons. The van der Waals surface area contributed by atoms with Gasteiger partial charge in [-0.3, -0.25) is 4.79 Å². The molecule has 1 saturated carbocycles. The van der Waals surface area contributed by atoms with Gasteiger partial charge in [-0.25, -0.2) is 4.79 Å². The third kappa shape index (κ3) is 2.52. The van der Waals surface area contributed by atoms with Crippen molar-refractivity contribution >= 4 is 22.8 Å². The molecule has 0 bridgehead atoms. The van der Waals surface area contributed by atoms with Crippen LogP contribution in [0, 0.1) is 5.92 Å². The quantitative estimate of drug-likeness (QED) is 0.872. The number of hydrogen-bond donors (Lipinski definition) is 2. The van der Waals surface area contributed by atoms with Crippen LogP contribution < -0.4 is 5.32 Å². The molecule has 0 radical (unpaired) electrons. The normalized spacial score (nSPS) is 14.4. The van der Waals surface area contributed by atoms with Crippen molar-refractivity contribution in [2.75, 3.05) is 6.54 Å². The summed E-state index contributed by atoms with van der Waals surface area (Å²) in [6.07, 6.45) is 4.14. The maximum Gasteiger partial charge on any atom is 0.337 e. The summed E-state index contributed by atoms with van der Waals surface area (Å²) < 4.78 is 1.70. The predicted octanol–water partition coefficient (Wildman–Crippen LogP) is 1.87. The van der Waals surface area contributed by atoms with Gasteiger partial charge in [-0.2, -0.15) is 0 Å². The first-order valence-electron chi connectivity index (χ1n) is 6.73. The standard InChI is InChI=1S/C15H16N2O3/c18-13(16-8-10-4-5-10)9-17-7-6-11-2-1-3-12(14(11)17)15(19)20/h1-3,6-7,10H,4-5,8-9H2,(H,16,18)(H,19,20). The van der Waals surface area contributed by atoms with E-state index in [9.17, 15) is 14.7 Å². The van der Waals surface area contributed by atoms with E-state index in [4.69, 9.17) is 0 Å². The van der Waals surface area contributed by atoms with Crippen LogP contribution in [-0.2, 0) is 11.3 Å². The van der Waals surface area contributed by atoms with E-state index in [-0.39, 0.29) is 18.0 Å². The number of carbonyl (C=O) groups excluding carboxylic acids is 1. The highest BCUT2D eigenvalue weighted by atomic mass is 16.4. The lowest BCUT2D eigenvalue weighted by molar-refractivity contribution is -0.121. The van der Waals surface area contributed by atoms with Gasteiger partial charge in [-0.1, -0.05) is 12.1 Å². The van der Waals surface area contributed by atoms with Gasteiger partial charge in [-0.05, 0) is 30.9 Å². The van der Waals surface area contributed by atoms with Gasteiger partial charge in [-0.15, -0.1) is 0 Å². The third-order valence-corrected chi connectivity index (χ3v) is 3.62. The number of aromatic nitrogens is 1. The lowest BCUT2D eigenvalue weighted by Crippen LogP contribution is -2.29. The minimum absolute atomic E-state index is 0.0745. The van der Waals surface area contributed by atoms with Gasteiger partial charge in [0, 0.05) is 18.1 Å². The molecule has 1 aromatic heterocycles. The van der Waals surface area contributed by atoms with Crippen LogP contribution in [0.4, 0.5) is 0 Å². The Bertz CT molecular complexity index is 671. The van der Waals surface area contributed by atoms with Gasteiger partial charge in [0.05, 0.1) is 11.1 Å². The Morgan fingerprint density at radius 2 is 2.10 bits per heavy atom. The fourth-order valence-electron chi connectivity index (χ4n) is 2.36. The van der Waals surface area contributed by atoms with E-state index in [0.29, 0.717) is 11.4 Å². The molecule has 0 atom stereocenters. The molecule has 3 rings (SSSR count). The van der Waals surface area contributed by atoms with Gasteiger partial charge in [0.1, 0.15) is 6.54 Å². The SMILES string of the molecule is O=C(Cn1ccc2cccc(C(=O)O)c21)NCC1CC1. The fourth-order valence-corrected chi connectivity index (χ4v) is 2.36. The summed E-state index contributed by atoms with van der Waals surface area (Å²) in [6.45, 7) is 0.879. The molecule has 0 aliphatic heterocycles. The molecule has 1 fully saturated rings. The molecule has 2 aromatic rings. The topological polar surface area (TPSA) is 71.3 Å². The summed E-state index contributed by atoms with van der Waals surface area (Å²) in [5, 5.41) is 13.0. The number of nitrogens with zero attached hydrogens (tertiary/aromatic N) is 1. The Morgan fingerprint density at radius 1 is 1.30 bits per heavy atom. The molecule has 5 heteroatoms. The second-order valence-corrected chi connectivity index (χ2v) is 5.24. The van der Waals surface area contributed by atoms with E-state index < -0.39 is 5.97 Å². The van der Waals surface area contributed by atoms with Gasteiger partial charge in [0.15, 0.2) is 0 Å². The smallest absolute Gasteiger partial charge is 0.337 e. The Kier molecular flexibility index (Phi) is 3.18. The number of hydrogen-bond acceptors (Lipinski definition) is 2. The number of benzene rings is 1. The van der Waals surface area contributed by atoms with E-state index in [1.807, 2.05) is 12.1 Å². The predicted molar refractivity (Wildman–Crippen MR) is 74.6 cm³/mol. The summed E-state index contributed by atoms with van der Waals surface area (Å²) in [5.74, 6) is -0.418. The summed E-state index contributed by atoms with van der Waals surface area (Å²) >= 11 is 0. The molecule has 1 aliphatic rings. The molecule has 1 amide bonds. The number of amides is 1. The first kappa shape index (κ1) is 12.7. The van der Waals surface area contributed by atoms with E-state index in [0.717, 1.165) is 11.9 Å².